The van der Waals surface area contributed by atoms with Crippen molar-refractivity contribution in [2.45, 2.75) is 26.3 Å². The maximum absolute atomic E-state index is 13.3. The number of aromatic hydroxyl groups is 1. The van der Waals surface area contributed by atoms with Crippen LogP contribution in [0, 0.1) is 5.82 Å². The van der Waals surface area contributed by atoms with Gasteiger partial charge >= 0.3 is 0 Å². The van der Waals surface area contributed by atoms with E-state index < -0.39 is 28.7 Å². The van der Waals surface area contributed by atoms with E-state index in [0.717, 1.165) is 10.1 Å². The zero-order chi connectivity index (χ0) is 23.9. The largest absolute Gasteiger partial charge is 0.505 e. The molecule has 1 aliphatic rings. The molecule has 0 unspecified atom stereocenters. The molecule has 2 aromatic heterocycles. The van der Waals surface area contributed by atoms with Gasteiger partial charge in [0.2, 0.25) is 5.76 Å². The summed E-state index contributed by atoms with van der Waals surface area (Å²) in [5.41, 5.74) is -0.0231. The Bertz CT molecular complexity index is 1380. The molecule has 0 radical (unpaired) electrons. The quantitative estimate of drug-likeness (QED) is 0.544. The van der Waals surface area contributed by atoms with Crippen LogP contribution in [0.3, 0.4) is 0 Å². The van der Waals surface area contributed by atoms with Crippen LogP contribution in [0.1, 0.15) is 35.3 Å². The first-order valence-electron chi connectivity index (χ1n) is 10.2. The van der Waals surface area contributed by atoms with Gasteiger partial charge in [-0.1, -0.05) is 12.1 Å². The number of ether oxygens (including phenoxy) is 1. The van der Waals surface area contributed by atoms with E-state index in [1.165, 1.54) is 31.6 Å². The summed E-state index contributed by atoms with van der Waals surface area (Å²) < 4.78 is 20.3. The number of nitrogens with zero attached hydrogens (tertiary/aromatic N) is 2. The molecule has 3 N–H and O–H groups in total. The van der Waals surface area contributed by atoms with Gasteiger partial charge in [0.25, 0.3) is 17.4 Å². The van der Waals surface area contributed by atoms with E-state index in [2.05, 4.69) is 15.6 Å². The molecule has 2 amide bonds. The molecule has 3 heterocycles. The fraction of sp³-hybridized carbons (Fsp3) is 0.217. The van der Waals surface area contributed by atoms with Crippen LogP contribution in [0.5, 0.6) is 11.5 Å². The summed E-state index contributed by atoms with van der Waals surface area (Å²) in [7, 11) is 1.33. The van der Waals surface area contributed by atoms with Crippen LogP contribution in [0.2, 0.25) is 0 Å². The van der Waals surface area contributed by atoms with Gasteiger partial charge in [-0.05, 0) is 31.5 Å². The molecule has 0 saturated carbocycles. The second-order valence-corrected chi connectivity index (χ2v) is 7.81. The van der Waals surface area contributed by atoms with Gasteiger partial charge in [0.1, 0.15) is 22.4 Å². The SMILES string of the molecule is CNC(=O)c1c(O)c2ncc(Cc3ccc(F)cc3)c3c2n(c1=O)C=C(C(=O)NC(C)C)O3. The lowest BCUT2D eigenvalue weighted by atomic mass is 10.0. The number of aromatic nitrogens is 2. The van der Waals surface area contributed by atoms with E-state index >= 15 is 0 Å². The van der Waals surface area contributed by atoms with Crippen LogP contribution in [0.25, 0.3) is 17.2 Å². The molecule has 33 heavy (non-hydrogen) atoms. The predicted octanol–water partition coefficient (Wildman–Crippen LogP) is 1.91. The highest BCUT2D eigenvalue weighted by atomic mass is 19.1. The molecule has 0 bridgehead atoms. The Morgan fingerprint density at radius 2 is 1.91 bits per heavy atom. The summed E-state index contributed by atoms with van der Waals surface area (Å²) in [4.78, 5) is 42.4. The lowest BCUT2D eigenvalue weighted by molar-refractivity contribution is -0.119. The number of pyridine rings is 2. The van der Waals surface area contributed by atoms with E-state index in [4.69, 9.17) is 4.74 Å². The molecule has 4 rings (SSSR count). The van der Waals surface area contributed by atoms with Crippen molar-refractivity contribution >= 4 is 29.0 Å². The second-order valence-electron chi connectivity index (χ2n) is 7.81. The molecule has 0 atom stereocenters. The Morgan fingerprint density at radius 3 is 2.55 bits per heavy atom. The highest BCUT2D eigenvalue weighted by Crippen LogP contribution is 2.38. The van der Waals surface area contributed by atoms with Crippen LogP contribution < -0.4 is 20.9 Å². The average molecular weight is 452 g/mol. The zero-order valence-corrected chi connectivity index (χ0v) is 18.1. The van der Waals surface area contributed by atoms with Gasteiger partial charge in [-0.25, -0.2) is 4.39 Å². The number of nitrogens with one attached hydrogen (secondary N) is 2. The lowest BCUT2D eigenvalue weighted by Crippen LogP contribution is -2.36. The third-order valence-corrected chi connectivity index (χ3v) is 5.08. The van der Waals surface area contributed by atoms with Crippen molar-refractivity contribution < 1.29 is 23.8 Å². The molecule has 0 fully saturated rings. The van der Waals surface area contributed by atoms with Gasteiger partial charge in [-0.15, -0.1) is 0 Å². The van der Waals surface area contributed by atoms with Crippen molar-refractivity contribution in [1.29, 1.82) is 0 Å². The number of hydrogen-bond acceptors (Lipinski definition) is 6. The molecule has 170 valence electrons. The van der Waals surface area contributed by atoms with Crippen LogP contribution in [-0.4, -0.2) is 39.6 Å². The third kappa shape index (κ3) is 3.91. The first kappa shape index (κ1) is 22.0. The van der Waals surface area contributed by atoms with E-state index in [1.54, 1.807) is 26.0 Å². The number of halogens is 1. The number of carbonyl (C=O) groups is 2. The van der Waals surface area contributed by atoms with Gasteiger partial charge in [-0.2, -0.15) is 0 Å². The lowest BCUT2D eigenvalue weighted by Gasteiger charge is -2.23. The van der Waals surface area contributed by atoms with Crippen molar-refractivity contribution in [2.24, 2.45) is 0 Å². The van der Waals surface area contributed by atoms with E-state index in [-0.39, 0.29) is 40.8 Å². The first-order valence-corrected chi connectivity index (χ1v) is 10.2. The Hall–Kier alpha value is -4.21. The third-order valence-electron chi connectivity index (χ3n) is 5.08. The number of rotatable bonds is 5. The Kier molecular flexibility index (Phi) is 5.59. The Morgan fingerprint density at radius 1 is 1.21 bits per heavy atom. The van der Waals surface area contributed by atoms with E-state index in [1.807, 2.05) is 0 Å². The maximum atomic E-state index is 13.3. The summed E-state index contributed by atoms with van der Waals surface area (Å²) in [5, 5.41) is 15.7. The predicted molar refractivity (Wildman–Crippen MR) is 118 cm³/mol. The fourth-order valence-corrected chi connectivity index (χ4v) is 3.57. The monoisotopic (exact) mass is 452 g/mol. The highest BCUT2D eigenvalue weighted by Gasteiger charge is 2.30. The van der Waals surface area contributed by atoms with Crippen LogP contribution in [0.15, 0.2) is 41.0 Å². The molecule has 9 nitrogen and oxygen atoms in total. The molecule has 3 aromatic rings. The molecule has 1 aromatic carbocycles. The smallest absolute Gasteiger partial charge is 0.288 e. The summed E-state index contributed by atoms with van der Waals surface area (Å²) >= 11 is 0. The number of benzene rings is 1. The van der Waals surface area contributed by atoms with E-state index in [0.29, 0.717) is 5.56 Å². The van der Waals surface area contributed by atoms with Crippen LogP contribution in [0.4, 0.5) is 4.39 Å². The minimum Gasteiger partial charge on any atom is -0.505 e. The summed E-state index contributed by atoms with van der Waals surface area (Å²) in [6.45, 7) is 3.54. The van der Waals surface area contributed by atoms with Gasteiger partial charge in [-0.3, -0.25) is 23.9 Å². The van der Waals surface area contributed by atoms with E-state index in [9.17, 15) is 23.9 Å². The van der Waals surface area contributed by atoms with Crippen molar-refractivity contribution in [3.05, 3.63) is 69.1 Å². The number of hydrogen-bond donors (Lipinski definition) is 3. The minimum atomic E-state index is -0.834. The second kappa shape index (κ2) is 8.38. The normalized spacial score (nSPS) is 12.3. The molecule has 0 saturated heterocycles. The summed E-state index contributed by atoms with van der Waals surface area (Å²) in [5.74, 6) is -2.36. The van der Waals surface area contributed by atoms with Crippen molar-refractivity contribution in [3.63, 3.8) is 0 Å². The first-order chi connectivity index (χ1) is 15.7. The number of amides is 2. The van der Waals surface area contributed by atoms with Gasteiger partial charge in [0, 0.05) is 31.3 Å². The molecule has 0 aliphatic carbocycles. The number of carbonyl (C=O) groups excluding carboxylic acids is 2. The highest BCUT2D eigenvalue weighted by molar-refractivity contribution is 6.04. The van der Waals surface area contributed by atoms with Gasteiger partial charge in [0.05, 0.1) is 6.20 Å². The Labute approximate surface area is 187 Å². The molecule has 0 spiro atoms. The summed E-state index contributed by atoms with van der Waals surface area (Å²) in [6, 6.07) is 5.62. The summed E-state index contributed by atoms with van der Waals surface area (Å²) in [6.07, 6.45) is 2.85. The fourth-order valence-electron chi connectivity index (χ4n) is 3.57. The van der Waals surface area contributed by atoms with Crippen LogP contribution in [-0.2, 0) is 11.2 Å². The topological polar surface area (TPSA) is 123 Å². The maximum Gasteiger partial charge on any atom is 0.288 e. The molecular weight excluding hydrogens is 431 g/mol. The molecular formula is C23H21FN4O5. The van der Waals surface area contributed by atoms with Crippen molar-refractivity contribution in [3.8, 4) is 11.5 Å². The van der Waals surface area contributed by atoms with Gasteiger partial charge in [0.15, 0.2) is 11.5 Å². The average Bonchev–Trinajstić information content (AvgIpc) is 2.78. The van der Waals surface area contributed by atoms with Crippen molar-refractivity contribution in [2.75, 3.05) is 7.05 Å². The van der Waals surface area contributed by atoms with Crippen molar-refractivity contribution in [1.82, 2.24) is 20.2 Å². The molecule has 10 heteroatoms. The Balaban J connectivity index is 1.97. The molecule has 1 aliphatic heterocycles. The standard InChI is InChI=1S/C23H21FN4O5/c1-11(2)27-21(30)15-10-28-18-17(19(29)16(23(28)32)22(31)25-3)26-9-13(20(18)33-15)8-12-4-6-14(24)7-5-12/h4-7,9-11,29H,8H2,1-3H3,(H,25,31)(H,27,30). The minimum absolute atomic E-state index is 0.0365. The van der Waals surface area contributed by atoms with Gasteiger partial charge < -0.3 is 20.5 Å². The zero-order valence-electron chi connectivity index (χ0n) is 18.1. The van der Waals surface area contributed by atoms with Crippen LogP contribution >= 0.6 is 0 Å².